The van der Waals surface area contributed by atoms with Crippen molar-refractivity contribution in [1.29, 1.82) is 0 Å². The lowest BCUT2D eigenvalue weighted by Crippen LogP contribution is -2.37. The third-order valence-corrected chi connectivity index (χ3v) is 4.49. The van der Waals surface area contributed by atoms with Crippen LogP contribution in [0.2, 0.25) is 0 Å². The first-order chi connectivity index (χ1) is 8.74. The number of piperidine rings is 1. The zero-order valence-corrected chi connectivity index (χ0v) is 11.4. The number of hydrogen-bond donors (Lipinski definition) is 1. The maximum Gasteiger partial charge on any atom is 0.146 e. The molecule has 0 aromatic carbocycles. The summed E-state index contributed by atoms with van der Waals surface area (Å²) in [6.07, 6.45) is 3.89. The number of aromatic nitrogens is 2. The summed E-state index contributed by atoms with van der Waals surface area (Å²) in [4.78, 5) is 12.5. The summed E-state index contributed by atoms with van der Waals surface area (Å²) >= 11 is 1.63. The van der Waals surface area contributed by atoms with Gasteiger partial charge >= 0.3 is 0 Å². The Balaban J connectivity index is 1.85. The third-order valence-electron chi connectivity index (χ3n) is 3.69. The fourth-order valence-corrected chi connectivity index (χ4v) is 3.36. The Kier molecular flexibility index (Phi) is 3.18. The molecule has 0 amide bonds. The third kappa shape index (κ3) is 2.20. The van der Waals surface area contributed by atoms with Gasteiger partial charge in [0.15, 0.2) is 0 Å². The maximum atomic E-state index is 5.98. The highest BCUT2D eigenvalue weighted by Crippen LogP contribution is 2.24. The first-order valence-corrected chi connectivity index (χ1v) is 7.35. The Morgan fingerprint density at radius 1 is 1.44 bits per heavy atom. The van der Waals surface area contributed by atoms with E-state index in [9.17, 15) is 0 Å². The normalized spacial score (nSPS) is 21.5. The molecule has 2 aromatic heterocycles. The van der Waals surface area contributed by atoms with Gasteiger partial charge in [0, 0.05) is 6.04 Å². The predicted molar refractivity (Wildman–Crippen MR) is 75.6 cm³/mol. The number of hydrogen-bond acceptors (Lipinski definition) is 5. The van der Waals surface area contributed by atoms with Crippen LogP contribution in [0.1, 0.15) is 32.0 Å². The standard InChI is InChI=1S/C13H18N4S/c1-9-4-2-3-6-17(9)8-11-15-12(14)10-5-7-18-13(10)16-11/h5,7,9H,2-4,6,8H2,1H3,(H2,14,15,16). The number of anilines is 1. The molecule has 1 aliphatic rings. The Morgan fingerprint density at radius 2 is 2.33 bits per heavy atom. The lowest BCUT2D eigenvalue weighted by molar-refractivity contribution is 0.149. The van der Waals surface area contributed by atoms with Gasteiger partial charge in [0.25, 0.3) is 0 Å². The van der Waals surface area contributed by atoms with Crippen molar-refractivity contribution in [2.45, 2.75) is 38.8 Å². The number of nitrogens with zero attached hydrogens (tertiary/aromatic N) is 3. The molecule has 1 aliphatic heterocycles. The Labute approximate surface area is 111 Å². The van der Waals surface area contributed by atoms with Crippen LogP contribution in [-0.4, -0.2) is 27.5 Å². The number of nitrogen functional groups attached to an aromatic ring is 1. The predicted octanol–water partition coefficient (Wildman–Crippen LogP) is 2.65. The van der Waals surface area contributed by atoms with E-state index in [1.54, 1.807) is 11.3 Å². The van der Waals surface area contributed by atoms with Gasteiger partial charge in [-0.2, -0.15) is 0 Å². The molecule has 5 heteroatoms. The van der Waals surface area contributed by atoms with Crippen LogP contribution in [0.4, 0.5) is 5.82 Å². The van der Waals surface area contributed by atoms with Crippen molar-refractivity contribution in [3.05, 3.63) is 17.3 Å². The minimum absolute atomic E-state index is 0.612. The Morgan fingerprint density at radius 3 is 3.17 bits per heavy atom. The molecule has 1 atom stereocenters. The second-order valence-corrected chi connectivity index (χ2v) is 5.87. The summed E-state index contributed by atoms with van der Waals surface area (Å²) in [6, 6.07) is 2.62. The van der Waals surface area contributed by atoms with Crippen LogP contribution in [0.25, 0.3) is 10.2 Å². The molecular formula is C13H18N4S. The number of likely N-dealkylation sites (tertiary alicyclic amines) is 1. The molecular weight excluding hydrogens is 244 g/mol. The molecule has 0 bridgehead atoms. The smallest absolute Gasteiger partial charge is 0.146 e. The van der Waals surface area contributed by atoms with Gasteiger partial charge in [0.2, 0.25) is 0 Å². The van der Waals surface area contributed by atoms with E-state index in [-0.39, 0.29) is 0 Å². The van der Waals surface area contributed by atoms with E-state index < -0.39 is 0 Å². The van der Waals surface area contributed by atoms with Gasteiger partial charge in [-0.1, -0.05) is 6.42 Å². The Hall–Kier alpha value is -1.20. The molecule has 0 aliphatic carbocycles. The zero-order valence-electron chi connectivity index (χ0n) is 10.6. The van der Waals surface area contributed by atoms with Gasteiger partial charge in [-0.3, -0.25) is 4.90 Å². The second-order valence-electron chi connectivity index (χ2n) is 4.98. The molecule has 2 aromatic rings. The molecule has 96 valence electrons. The van der Waals surface area contributed by atoms with Crippen molar-refractivity contribution >= 4 is 27.4 Å². The van der Waals surface area contributed by atoms with E-state index in [1.807, 2.05) is 11.4 Å². The maximum absolute atomic E-state index is 5.98. The van der Waals surface area contributed by atoms with E-state index in [0.717, 1.165) is 29.1 Å². The van der Waals surface area contributed by atoms with E-state index in [4.69, 9.17) is 5.73 Å². The summed E-state index contributed by atoms with van der Waals surface area (Å²) in [5, 5.41) is 3.00. The van der Waals surface area contributed by atoms with Crippen molar-refractivity contribution in [3.63, 3.8) is 0 Å². The average molecular weight is 262 g/mol. The first-order valence-electron chi connectivity index (χ1n) is 6.47. The summed E-state index contributed by atoms with van der Waals surface area (Å²) in [7, 11) is 0. The fourth-order valence-electron chi connectivity index (χ4n) is 2.57. The van der Waals surface area contributed by atoms with Crippen LogP contribution in [-0.2, 0) is 6.54 Å². The van der Waals surface area contributed by atoms with E-state index in [2.05, 4.69) is 21.8 Å². The molecule has 0 spiro atoms. The highest BCUT2D eigenvalue weighted by Gasteiger charge is 2.19. The van der Waals surface area contributed by atoms with Crippen LogP contribution >= 0.6 is 11.3 Å². The number of fused-ring (bicyclic) bond motifs is 1. The van der Waals surface area contributed by atoms with Gasteiger partial charge < -0.3 is 5.73 Å². The molecule has 1 fully saturated rings. The monoisotopic (exact) mass is 262 g/mol. The van der Waals surface area contributed by atoms with Crippen molar-refractivity contribution in [1.82, 2.24) is 14.9 Å². The molecule has 2 N–H and O–H groups in total. The van der Waals surface area contributed by atoms with E-state index >= 15 is 0 Å². The molecule has 1 saturated heterocycles. The van der Waals surface area contributed by atoms with E-state index in [1.165, 1.54) is 19.3 Å². The molecule has 1 unspecified atom stereocenters. The quantitative estimate of drug-likeness (QED) is 0.904. The summed E-state index contributed by atoms with van der Waals surface area (Å²) in [5.74, 6) is 1.47. The number of nitrogens with two attached hydrogens (primary N) is 1. The minimum atomic E-state index is 0.612. The van der Waals surface area contributed by atoms with Crippen LogP contribution in [0.15, 0.2) is 11.4 Å². The molecule has 0 radical (unpaired) electrons. The van der Waals surface area contributed by atoms with Crippen molar-refractivity contribution in [2.75, 3.05) is 12.3 Å². The van der Waals surface area contributed by atoms with Crippen molar-refractivity contribution in [3.8, 4) is 0 Å². The second kappa shape index (κ2) is 4.82. The highest BCUT2D eigenvalue weighted by atomic mass is 32.1. The number of thiophene rings is 1. The average Bonchev–Trinajstić information content (AvgIpc) is 2.81. The zero-order chi connectivity index (χ0) is 12.5. The van der Waals surface area contributed by atoms with Crippen LogP contribution in [0, 0.1) is 0 Å². The van der Waals surface area contributed by atoms with Gasteiger partial charge in [-0.15, -0.1) is 11.3 Å². The Bertz CT molecular complexity index is 551. The van der Waals surface area contributed by atoms with Crippen LogP contribution < -0.4 is 5.73 Å². The SMILES string of the molecule is CC1CCCCN1Cc1nc(N)c2ccsc2n1. The fraction of sp³-hybridized carbons (Fsp3) is 0.538. The van der Waals surface area contributed by atoms with Crippen LogP contribution in [0.3, 0.4) is 0 Å². The summed E-state index contributed by atoms with van der Waals surface area (Å²) in [5.41, 5.74) is 5.98. The lowest BCUT2D eigenvalue weighted by Gasteiger charge is -2.32. The topological polar surface area (TPSA) is 55.0 Å². The summed E-state index contributed by atoms with van der Waals surface area (Å²) < 4.78 is 0. The number of rotatable bonds is 2. The van der Waals surface area contributed by atoms with Gasteiger partial charge in [-0.25, -0.2) is 9.97 Å². The van der Waals surface area contributed by atoms with Crippen molar-refractivity contribution < 1.29 is 0 Å². The largest absolute Gasteiger partial charge is 0.383 e. The molecule has 18 heavy (non-hydrogen) atoms. The van der Waals surface area contributed by atoms with Crippen LogP contribution in [0.5, 0.6) is 0 Å². The lowest BCUT2D eigenvalue weighted by atomic mass is 10.0. The van der Waals surface area contributed by atoms with Gasteiger partial charge in [0.1, 0.15) is 16.5 Å². The molecule has 4 nitrogen and oxygen atoms in total. The molecule has 3 heterocycles. The van der Waals surface area contributed by atoms with Gasteiger partial charge in [-0.05, 0) is 37.8 Å². The molecule has 0 saturated carbocycles. The first kappa shape index (κ1) is 11.9. The van der Waals surface area contributed by atoms with E-state index in [0.29, 0.717) is 11.9 Å². The molecule has 3 rings (SSSR count). The highest BCUT2D eigenvalue weighted by molar-refractivity contribution is 7.16. The van der Waals surface area contributed by atoms with Gasteiger partial charge in [0.05, 0.1) is 11.9 Å². The van der Waals surface area contributed by atoms with Crippen molar-refractivity contribution in [2.24, 2.45) is 0 Å². The summed E-state index contributed by atoms with van der Waals surface area (Å²) in [6.45, 7) is 4.25. The minimum Gasteiger partial charge on any atom is -0.383 e.